The third kappa shape index (κ3) is 4.73. The average Bonchev–Trinajstić information content (AvgIpc) is 3.00. The van der Waals surface area contributed by atoms with Crippen LogP contribution >= 0.6 is 24.0 Å². The number of rotatable bonds is 4. The van der Waals surface area contributed by atoms with Crippen molar-refractivity contribution in [3.8, 4) is 0 Å². The molecule has 2 aliphatic heterocycles. The second-order valence-electron chi connectivity index (χ2n) is 7.06. The summed E-state index contributed by atoms with van der Waals surface area (Å²) in [5.41, 5.74) is 3.99. The SMILES string of the molecule is Cl.O=C1CC(c2cccc(=O)n2C[C@@H]2CNCCO[C@H]2c2ccc(Cl)c(F)c2)=NN1. The van der Waals surface area contributed by atoms with Crippen molar-refractivity contribution < 1.29 is 13.9 Å². The van der Waals surface area contributed by atoms with E-state index in [0.717, 1.165) is 0 Å². The Morgan fingerprint density at radius 2 is 2.10 bits per heavy atom. The molecule has 3 heterocycles. The van der Waals surface area contributed by atoms with E-state index in [2.05, 4.69) is 15.8 Å². The van der Waals surface area contributed by atoms with Gasteiger partial charge in [-0.25, -0.2) is 9.82 Å². The van der Waals surface area contributed by atoms with Gasteiger partial charge in [-0.15, -0.1) is 12.4 Å². The van der Waals surface area contributed by atoms with Crippen LogP contribution in [0.3, 0.4) is 0 Å². The number of benzene rings is 1. The molecule has 1 fully saturated rings. The summed E-state index contributed by atoms with van der Waals surface area (Å²) < 4.78 is 21.6. The fraction of sp³-hybridized carbons (Fsp3) is 0.350. The van der Waals surface area contributed by atoms with Gasteiger partial charge in [0.15, 0.2) is 0 Å². The molecule has 0 bridgehead atoms. The second-order valence-corrected chi connectivity index (χ2v) is 7.47. The summed E-state index contributed by atoms with van der Waals surface area (Å²) >= 11 is 5.82. The number of hydrazone groups is 1. The molecule has 160 valence electrons. The predicted octanol–water partition coefficient (Wildman–Crippen LogP) is 2.26. The van der Waals surface area contributed by atoms with Gasteiger partial charge in [0.05, 0.1) is 35.6 Å². The minimum Gasteiger partial charge on any atom is -0.372 e. The highest BCUT2D eigenvalue weighted by atomic mass is 35.5. The molecule has 1 saturated heterocycles. The number of amides is 1. The maximum atomic E-state index is 14.0. The number of nitrogens with one attached hydrogen (secondary N) is 2. The first-order valence-corrected chi connectivity index (χ1v) is 9.73. The normalized spacial score (nSPS) is 21.4. The summed E-state index contributed by atoms with van der Waals surface area (Å²) in [6.07, 6.45) is -0.295. The monoisotopic (exact) mass is 454 g/mol. The lowest BCUT2D eigenvalue weighted by molar-refractivity contribution is -0.119. The van der Waals surface area contributed by atoms with Gasteiger partial charge in [0, 0.05) is 31.6 Å². The first kappa shape index (κ1) is 22.4. The zero-order valence-corrected chi connectivity index (χ0v) is 17.5. The first-order valence-electron chi connectivity index (χ1n) is 9.36. The minimum atomic E-state index is -0.508. The molecule has 2 aromatic rings. The zero-order valence-electron chi connectivity index (χ0n) is 15.9. The number of hydrogen-bond donors (Lipinski definition) is 2. The number of nitrogens with zero attached hydrogens (tertiary/aromatic N) is 2. The van der Waals surface area contributed by atoms with Crippen molar-refractivity contribution in [1.29, 1.82) is 0 Å². The van der Waals surface area contributed by atoms with Crippen LogP contribution in [0.15, 0.2) is 46.3 Å². The molecule has 0 unspecified atom stereocenters. The fourth-order valence-corrected chi connectivity index (χ4v) is 3.83. The van der Waals surface area contributed by atoms with Crippen LogP contribution in [-0.2, 0) is 16.1 Å². The molecule has 10 heteroatoms. The molecule has 1 aromatic carbocycles. The molecule has 2 atom stereocenters. The van der Waals surface area contributed by atoms with E-state index in [9.17, 15) is 14.0 Å². The van der Waals surface area contributed by atoms with E-state index in [1.807, 2.05) is 0 Å². The lowest BCUT2D eigenvalue weighted by atomic mass is 9.94. The summed E-state index contributed by atoms with van der Waals surface area (Å²) in [7, 11) is 0. The molecular weight excluding hydrogens is 434 g/mol. The van der Waals surface area contributed by atoms with Gasteiger partial charge in [0.1, 0.15) is 5.82 Å². The number of aromatic nitrogens is 1. The molecule has 0 spiro atoms. The maximum Gasteiger partial charge on any atom is 0.251 e. The van der Waals surface area contributed by atoms with E-state index in [1.54, 1.807) is 22.8 Å². The van der Waals surface area contributed by atoms with E-state index in [-0.39, 0.29) is 41.2 Å². The highest BCUT2D eigenvalue weighted by Crippen LogP contribution is 2.31. The quantitative estimate of drug-likeness (QED) is 0.741. The predicted molar refractivity (Wildman–Crippen MR) is 114 cm³/mol. The van der Waals surface area contributed by atoms with Crippen LogP contribution in [0.25, 0.3) is 0 Å². The van der Waals surface area contributed by atoms with E-state index in [1.165, 1.54) is 18.2 Å². The van der Waals surface area contributed by atoms with Crippen LogP contribution in [-0.4, -0.2) is 35.9 Å². The van der Waals surface area contributed by atoms with Gasteiger partial charge in [-0.3, -0.25) is 9.59 Å². The Morgan fingerprint density at radius 1 is 1.27 bits per heavy atom. The number of carbonyl (C=O) groups excluding carboxylic acids is 1. The van der Waals surface area contributed by atoms with Crippen molar-refractivity contribution in [3.05, 3.63) is 68.8 Å². The largest absolute Gasteiger partial charge is 0.372 e. The highest BCUT2D eigenvalue weighted by Gasteiger charge is 2.29. The summed E-state index contributed by atoms with van der Waals surface area (Å²) in [6, 6.07) is 9.51. The van der Waals surface area contributed by atoms with Crippen LogP contribution in [0, 0.1) is 11.7 Å². The molecule has 7 nitrogen and oxygen atoms in total. The van der Waals surface area contributed by atoms with Gasteiger partial charge in [-0.2, -0.15) is 5.10 Å². The zero-order chi connectivity index (χ0) is 20.4. The Bertz CT molecular complexity index is 1030. The maximum absolute atomic E-state index is 14.0. The standard InChI is InChI=1S/C20H20ClFN4O3.ClH/c21-14-5-4-12(8-15(14)22)20-13(10-23-6-7-29-20)11-26-17(2-1-3-19(26)28)16-9-18(27)25-24-16;/h1-5,8,13,20,23H,6-7,9-11H2,(H,25,27);1H/t13-,20-;/m0./s1. The summed E-state index contributed by atoms with van der Waals surface area (Å²) in [5, 5.41) is 7.40. The average molecular weight is 455 g/mol. The molecule has 0 aliphatic carbocycles. The molecular formula is C20H21Cl2FN4O3. The van der Waals surface area contributed by atoms with Crippen LogP contribution in [0.5, 0.6) is 0 Å². The lowest BCUT2D eigenvalue weighted by Crippen LogP contribution is -2.34. The smallest absolute Gasteiger partial charge is 0.251 e. The highest BCUT2D eigenvalue weighted by molar-refractivity contribution is 6.30. The lowest BCUT2D eigenvalue weighted by Gasteiger charge is -2.27. The number of hydrogen-bond acceptors (Lipinski definition) is 5. The fourth-order valence-electron chi connectivity index (χ4n) is 3.71. The molecule has 0 saturated carbocycles. The molecule has 1 aromatic heterocycles. The number of halogens is 3. The van der Waals surface area contributed by atoms with Crippen LogP contribution in [0.4, 0.5) is 4.39 Å². The summed E-state index contributed by atoms with van der Waals surface area (Å²) in [4.78, 5) is 24.2. The number of carbonyl (C=O) groups is 1. The topological polar surface area (TPSA) is 84.7 Å². The summed E-state index contributed by atoms with van der Waals surface area (Å²) in [5.74, 6) is -0.870. The van der Waals surface area contributed by atoms with Crippen molar-refractivity contribution >= 4 is 35.6 Å². The van der Waals surface area contributed by atoms with Crippen LogP contribution in [0.1, 0.15) is 23.8 Å². The second kappa shape index (κ2) is 9.70. The van der Waals surface area contributed by atoms with Gasteiger partial charge in [-0.05, 0) is 23.8 Å². The number of ether oxygens (including phenoxy) is 1. The Labute approximate surface area is 183 Å². The minimum absolute atomic E-state index is 0. The van der Waals surface area contributed by atoms with Crippen molar-refractivity contribution in [2.24, 2.45) is 11.0 Å². The third-order valence-corrected chi connectivity index (χ3v) is 5.40. The van der Waals surface area contributed by atoms with Crippen molar-refractivity contribution in [2.75, 3.05) is 19.7 Å². The molecule has 1 amide bonds. The summed E-state index contributed by atoms with van der Waals surface area (Å²) in [6.45, 7) is 2.03. The van der Waals surface area contributed by atoms with E-state index in [0.29, 0.717) is 43.2 Å². The van der Waals surface area contributed by atoms with Gasteiger partial charge >= 0.3 is 0 Å². The number of pyridine rings is 1. The van der Waals surface area contributed by atoms with Crippen molar-refractivity contribution in [1.82, 2.24) is 15.3 Å². The van der Waals surface area contributed by atoms with Gasteiger partial charge in [0.2, 0.25) is 5.91 Å². The van der Waals surface area contributed by atoms with Crippen LogP contribution in [0.2, 0.25) is 5.02 Å². The van der Waals surface area contributed by atoms with E-state index >= 15 is 0 Å². The van der Waals surface area contributed by atoms with Gasteiger partial charge in [0.25, 0.3) is 5.56 Å². The van der Waals surface area contributed by atoms with Gasteiger partial charge in [-0.1, -0.05) is 23.7 Å². The van der Waals surface area contributed by atoms with Crippen molar-refractivity contribution in [2.45, 2.75) is 19.1 Å². The Balaban J connectivity index is 0.00000256. The molecule has 4 rings (SSSR count). The van der Waals surface area contributed by atoms with Gasteiger partial charge < -0.3 is 14.6 Å². The van der Waals surface area contributed by atoms with E-state index < -0.39 is 11.9 Å². The molecule has 2 N–H and O–H groups in total. The Hall–Kier alpha value is -2.26. The molecule has 0 radical (unpaired) electrons. The first-order chi connectivity index (χ1) is 14.0. The van der Waals surface area contributed by atoms with Crippen LogP contribution < -0.4 is 16.3 Å². The van der Waals surface area contributed by atoms with E-state index in [4.69, 9.17) is 16.3 Å². The molecule has 30 heavy (non-hydrogen) atoms. The Kier molecular flexibility index (Phi) is 7.25. The Morgan fingerprint density at radius 3 is 2.83 bits per heavy atom. The van der Waals surface area contributed by atoms with Crippen molar-refractivity contribution in [3.63, 3.8) is 0 Å². The third-order valence-electron chi connectivity index (χ3n) is 5.09. The molecule has 2 aliphatic rings.